The average Bonchev–Trinajstić information content (AvgIpc) is 2.57. The second-order valence-electron chi connectivity index (χ2n) is 7.87. The zero-order valence-electron chi connectivity index (χ0n) is 15.1. The third kappa shape index (κ3) is 1.79. The number of Topliss-reactive ketones (excluding diaryl/α,β-unsaturated/α-hetero) is 1. The summed E-state index contributed by atoms with van der Waals surface area (Å²) in [5.41, 5.74) is 2.11. The second kappa shape index (κ2) is 5.30. The first kappa shape index (κ1) is 16.1. The third-order valence-corrected chi connectivity index (χ3v) is 7.01. The lowest BCUT2D eigenvalue weighted by Gasteiger charge is -2.66. The quantitative estimate of drug-likeness (QED) is 0.836. The number of rotatable bonds is 2. The average molecular weight is 329 g/mol. The molecule has 2 aliphatic carbocycles. The van der Waals surface area contributed by atoms with E-state index in [0.717, 1.165) is 25.1 Å². The first-order valence-electron chi connectivity index (χ1n) is 8.93. The predicted molar refractivity (Wildman–Crippen MR) is 92.6 cm³/mol. The molecule has 0 spiro atoms. The molecule has 3 aliphatic rings. The van der Waals surface area contributed by atoms with Gasteiger partial charge in [0, 0.05) is 31.4 Å². The predicted octanol–water partition coefficient (Wildman–Crippen LogP) is 2.58. The van der Waals surface area contributed by atoms with E-state index in [9.17, 15) is 4.79 Å². The largest absolute Gasteiger partial charge is 0.497 e. The first-order valence-corrected chi connectivity index (χ1v) is 8.93. The maximum absolute atomic E-state index is 12.6. The molecule has 2 fully saturated rings. The van der Waals surface area contributed by atoms with Crippen LogP contribution in [0.4, 0.5) is 0 Å². The third-order valence-electron chi connectivity index (χ3n) is 7.01. The number of benzene rings is 1. The van der Waals surface area contributed by atoms with Crippen LogP contribution in [-0.2, 0) is 21.4 Å². The van der Waals surface area contributed by atoms with E-state index in [1.54, 1.807) is 7.11 Å². The summed E-state index contributed by atoms with van der Waals surface area (Å²) in [6.07, 6.45) is 3.16. The van der Waals surface area contributed by atoms with Crippen LogP contribution in [0.1, 0.15) is 37.3 Å². The fraction of sp³-hybridized carbons (Fsp3) is 0.650. The molecule has 4 heteroatoms. The summed E-state index contributed by atoms with van der Waals surface area (Å²) in [7, 11) is 5.75. The molecule has 130 valence electrons. The van der Waals surface area contributed by atoms with Crippen molar-refractivity contribution in [3.05, 3.63) is 29.3 Å². The van der Waals surface area contributed by atoms with Gasteiger partial charge in [0.25, 0.3) is 0 Å². The molecule has 4 rings (SSSR count). The fourth-order valence-corrected chi connectivity index (χ4v) is 6.09. The zero-order valence-corrected chi connectivity index (χ0v) is 15.1. The number of ketones is 1. The minimum absolute atomic E-state index is 0.218. The van der Waals surface area contributed by atoms with E-state index in [-0.39, 0.29) is 16.9 Å². The van der Waals surface area contributed by atoms with Crippen LogP contribution in [0.5, 0.6) is 5.75 Å². The minimum Gasteiger partial charge on any atom is -0.497 e. The molecule has 1 aliphatic heterocycles. The molecule has 0 radical (unpaired) electrons. The number of likely N-dealkylation sites (N-methyl/N-ethyl adjacent to an activating group) is 1. The van der Waals surface area contributed by atoms with Gasteiger partial charge in [-0.25, -0.2) is 0 Å². The van der Waals surface area contributed by atoms with Crippen molar-refractivity contribution in [1.82, 2.24) is 4.90 Å². The topological polar surface area (TPSA) is 38.8 Å². The van der Waals surface area contributed by atoms with E-state index < -0.39 is 0 Å². The zero-order chi connectivity index (χ0) is 17.1. The molecule has 24 heavy (non-hydrogen) atoms. The lowest BCUT2D eigenvalue weighted by molar-refractivity contribution is -0.206. The maximum atomic E-state index is 12.6. The van der Waals surface area contributed by atoms with Crippen molar-refractivity contribution in [1.29, 1.82) is 0 Å². The highest BCUT2D eigenvalue weighted by Gasteiger charge is 2.67. The number of ether oxygens (including phenoxy) is 2. The molecule has 1 aromatic rings. The number of hydrogen-bond donors (Lipinski definition) is 0. The lowest BCUT2D eigenvalue weighted by atomic mass is 9.46. The van der Waals surface area contributed by atoms with E-state index in [1.807, 2.05) is 13.2 Å². The Labute approximate surface area is 144 Å². The van der Waals surface area contributed by atoms with Gasteiger partial charge in [-0.2, -0.15) is 0 Å². The van der Waals surface area contributed by atoms with Gasteiger partial charge in [-0.15, -0.1) is 0 Å². The van der Waals surface area contributed by atoms with E-state index in [4.69, 9.17) is 9.47 Å². The Balaban J connectivity index is 2.01. The molecule has 0 aromatic heterocycles. The van der Waals surface area contributed by atoms with Crippen LogP contribution in [0.3, 0.4) is 0 Å². The molecular weight excluding hydrogens is 302 g/mol. The van der Waals surface area contributed by atoms with Gasteiger partial charge in [-0.1, -0.05) is 13.0 Å². The summed E-state index contributed by atoms with van der Waals surface area (Å²) >= 11 is 0. The summed E-state index contributed by atoms with van der Waals surface area (Å²) in [6, 6.07) is 6.71. The van der Waals surface area contributed by atoms with Gasteiger partial charge in [0.05, 0.1) is 12.7 Å². The summed E-state index contributed by atoms with van der Waals surface area (Å²) in [5, 5.41) is 0. The normalized spacial score (nSPS) is 38.4. The Hall–Kier alpha value is -1.39. The molecule has 0 N–H and O–H groups in total. The number of piperidine rings is 1. The Morgan fingerprint density at radius 1 is 1.25 bits per heavy atom. The lowest BCUT2D eigenvalue weighted by Crippen LogP contribution is -2.76. The molecule has 1 heterocycles. The second-order valence-corrected chi connectivity index (χ2v) is 7.87. The van der Waals surface area contributed by atoms with E-state index in [2.05, 4.69) is 31.0 Å². The summed E-state index contributed by atoms with van der Waals surface area (Å²) in [5.74, 6) is 1.46. The van der Waals surface area contributed by atoms with Crippen molar-refractivity contribution >= 4 is 5.78 Å². The van der Waals surface area contributed by atoms with E-state index >= 15 is 0 Å². The number of nitrogens with zero attached hydrogens (tertiary/aromatic N) is 1. The van der Waals surface area contributed by atoms with Crippen LogP contribution in [0.15, 0.2) is 18.2 Å². The minimum atomic E-state index is -0.298. The number of likely N-dealkylation sites (tertiary alicyclic amines) is 1. The van der Waals surface area contributed by atoms with Crippen LogP contribution in [0, 0.1) is 5.92 Å². The Kier molecular flexibility index (Phi) is 3.56. The van der Waals surface area contributed by atoms with Crippen LogP contribution in [0.25, 0.3) is 0 Å². The number of hydrogen-bond acceptors (Lipinski definition) is 4. The molecule has 2 bridgehead atoms. The van der Waals surface area contributed by atoms with Gasteiger partial charge in [0.1, 0.15) is 11.5 Å². The van der Waals surface area contributed by atoms with Gasteiger partial charge >= 0.3 is 0 Å². The van der Waals surface area contributed by atoms with E-state index in [0.29, 0.717) is 24.7 Å². The molecule has 1 saturated heterocycles. The standard InChI is InChI=1S/C20H27NO3/c1-13-9-15(22)12-19-7-8-21(2)18(20(13,19)24-4)10-14-5-6-16(23-3)11-17(14)19/h5-6,11,13,18H,7-10,12H2,1-4H3/t13?,18-,19-,20-/m1/s1. The Bertz CT molecular complexity index is 687. The highest BCUT2D eigenvalue weighted by Crippen LogP contribution is 2.60. The van der Waals surface area contributed by atoms with Gasteiger partial charge < -0.3 is 14.4 Å². The number of carbonyl (C=O) groups excluding carboxylic acids is 1. The van der Waals surface area contributed by atoms with Crippen LogP contribution < -0.4 is 4.74 Å². The molecular formula is C20H27NO3. The molecule has 0 amide bonds. The molecule has 4 atom stereocenters. The highest BCUT2D eigenvalue weighted by molar-refractivity contribution is 5.83. The monoisotopic (exact) mass is 329 g/mol. The maximum Gasteiger partial charge on any atom is 0.134 e. The summed E-state index contributed by atoms with van der Waals surface area (Å²) in [6.45, 7) is 3.21. The summed E-state index contributed by atoms with van der Waals surface area (Å²) < 4.78 is 11.9. The van der Waals surface area contributed by atoms with Gasteiger partial charge in [0.15, 0.2) is 0 Å². The van der Waals surface area contributed by atoms with Crippen LogP contribution >= 0.6 is 0 Å². The van der Waals surface area contributed by atoms with Gasteiger partial charge in [-0.3, -0.25) is 4.79 Å². The van der Waals surface area contributed by atoms with Crippen molar-refractivity contribution in [3.63, 3.8) is 0 Å². The molecule has 4 nitrogen and oxygen atoms in total. The van der Waals surface area contributed by atoms with Crippen molar-refractivity contribution in [2.24, 2.45) is 5.92 Å². The van der Waals surface area contributed by atoms with Crippen LogP contribution in [-0.4, -0.2) is 50.1 Å². The van der Waals surface area contributed by atoms with Gasteiger partial charge in [-0.05, 0) is 55.6 Å². The number of fused-ring (bicyclic) bond motifs is 1. The Morgan fingerprint density at radius 3 is 2.75 bits per heavy atom. The first-order chi connectivity index (χ1) is 11.5. The van der Waals surface area contributed by atoms with Crippen molar-refractivity contribution < 1.29 is 14.3 Å². The van der Waals surface area contributed by atoms with Crippen molar-refractivity contribution in [3.8, 4) is 5.75 Å². The van der Waals surface area contributed by atoms with E-state index in [1.165, 1.54) is 11.1 Å². The van der Waals surface area contributed by atoms with Crippen molar-refractivity contribution in [2.45, 2.75) is 49.7 Å². The number of methoxy groups -OCH3 is 2. The van der Waals surface area contributed by atoms with Crippen LogP contribution in [0.2, 0.25) is 0 Å². The smallest absolute Gasteiger partial charge is 0.134 e. The molecule has 1 unspecified atom stereocenters. The van der Waals surface area contributed by atoms with Gasteiger partial charge in [0.2, 0.25) is 0 Å². The molecule has 1 saturated carbocycles. The number of carbonyl (C=O) groups is 1. The summed E-state index contributed by atoms with van der Waals surface area (Å²) in [4.78, 5) is 15.1. The van der Waals surface area contributed by atoms with Crippen molar-refractivity contribution in [2.75, 3.05) is 27.8 Å². The molecule has 1 aromatic carbocycles. The Morgan fingerprint density at radius 2 is 2.04 bits per heavy atom. The fourth-order valence-electron chi connectivity index (χ4n) is 6.09. The highest BCUT2D eigenvalue weighted by atomic mass is 16.5. The SMILES string of the molecule is COc1ccc2c(c1)[C@]13CCN(C)[C@H](C2)[C@]1(OC)C(C)CC(=O)C3.